The number of H-pyrrole nitrogens is 1. The van der Waals surface area contributed by atoms with Crippen molar-refractivity contribution in [3.63, 3.8) is 0 Å². The van der Waals surface area contributed by atoms with Crippen LogP contribution < -0.4 is 20.1 Å². The van der Waals surface area contributed by atoms with Crippen molar-refractivity contribution in [2.45, 2.75) is 49.9 Å². The zero-order chi connectivity index (χ0) is 25.6. The fourth-order valence-corrected chi connectivity index (χ4v) is 5.61. The standard InChI is InChI=1S/C26H28F3N5O3/c27-26(28,29)17-4-7-21-20(10-17)25(33-32-21)30-11-24(35)31-18-12-34(13-18)19-5-1-15(2-6-19)16-3-8-22-23(9-16)37-14-36-22/h3-4,7-10,15,18-19H,1-2,5-6,11-14H2,(H,31,35)(H2,30,32,33). The summed E-state index contributed by atoms with van der Waals surface area (Å²) in [7, 11) is 0. The van der Waals surface area contributed by atoms with Crippen LogP contribution in [0.1, 0.15) is 42.7 Å². The fourth-order valence-electron chi connectivity index (χ4n) is 5.61. The van der Waals surface area contributed by atoms with Gasteiger partial charge in [0.05, 0.1) is 23.7 Å². The molecule has 8 nitrogen and oxygen atoms in total. The van der Waals surface area contributed by atoms with Crippen molar-refractivity contribution in [3.8, 4) is 11.5 Å². The maximum atomic E-state index is 13.0. The molecular weight excluding hydrogens is 487 g/mol. The van der Waals surface area contributed by atoms with Gasteiger partial charge in [0.2, 0.25) is 12.7 Å². The number of rotatable bonds is 6. The monoisotopic (exact) mass is 515 g/mol. The second kappa shape index (κ2) is 9.44. The van der Waals surface area contributed by atoms with E-state index in [0.29, 0.717) is 22.9 Å². The van der Waals surface area contributed by atoms with Crippen molar-refractivity contribution in [1.82, 2.24) is 20.4 Å². The molecule has 2 aromatic carbocycles. The van der Waals surface area contributed by atoms with E-state index in [1.807, 2.05) is 6.07 Å². The molecule has 2 fully saturated rings. The highest BCUT2D eigenvalue weighted by Crippen LogP contribution is 2.40. The van der Waals surface area contributed by atoms with Crippen molar-refractivity contribution >= 4 is 22.6 Å². The highest BCUT2D eigenvalue weighted by Gasteiger charge is 2.36. The average molecular weight is 516 g/mol. The molecule has 3 heterocycles. The summed E-state index contributed by atoms with van der Waals surface area (Å²) >= 11 is 0. The maximum absolute atomic E-state index is 13.0. The number of hydrogen-bond acceptors (Lipinski definition) is 6. The minimum atomic E-state index is -4.44. The summed E-state index contributed by atoms with van der Waals surface area (Å²) in [6.07, 6.45) is 0.0349. The number of hydrogen-bond donors (Lipinski definition) is 3. The van der Waals surface area contributed by atoms with Gasteiger partial charge in [-0.3, -0.25) is 14.8 Å². The van der Waals surface area contributed by atoms with Crippen LogP contribution in [-0.2, 0) is 11.0 Å². The third-order valence-corrected chi connectivity index (χ3v) is 7.66. The Morgan fingerprint density at radius 1 is 1.05 bits per heavy atom. The van der Waals surface area contributed by atoms with Crippen molar-refractivity contribution in [2.75, 3.05) is 31.7 Å². The summed E-state index contributed by atoms with van der Waals surface area (Å²) < 4.78 is 50.0. The quantitative estimate of drug-likeness (QED) is 0.455. The van der Waals surface area contributed by atoms with Gasteiger partial charge in [-0.2, -0.15) is 18.3 Å². The molecule has 1 aromatic heterocycles. The molecular formula is C26H28F3N5O3. The lowest BCUT2D eigenvalue weighted by atomic mass is 9.80. The Bertz CT molecular complexity index is 1300. The Kier molecular flexibility index (Phi) is 6.10. The first-order valence-corrected chi connectivity index (χ1v) is 12.6. The summed E-state index contributed by atoms with van der Waals surface area (Å²) in [6, 6.07) is 10.2. The minimum Gasteiger partial charge on any atom is -0.454 e. The van der Waals surface area contributed by atoms with Gasteiger partial charge in [-0.05, 0) is 67.5 Å². The van der Waals surface area contributed by atoms with Crippen molar-refractivity contribution in [3.05, 3.63) is 47.5 Å². The van der Waals surface area contributed by atoms with E-state index in [0.717, 1.165) is 62.4 Å². The number of carbonyl (C=O) groups is 1. The van der Waals surface area contributed by atoms with Gasteiger partial charge >= 0.3 is 6.18 Å². The number of halogens is 3. The van der Waals surface area contributed by atoms with E-state index >= 15 is 0 Å². The van der Waals surface area contributed by atoms with Gasteiger partial charge in [-0.15, -0.1) is 0 Å². The molecule has 1 saturated heterocycles. The summed E-state index contributed by atoms with van der Waals surface area (Å²) in [6.45, 7) is 1.85. The number of ether oxygens (including phenoxy) is 2. The van der Waals surface area contributed by atoms with Gasteiger partial charge in [0, 0.05) is 24.5 Å². The second-order valence-corrected chi connectivity index (χ2v) is 10.0. The SMILES string of the molecule is O=C(CNc1n[nH]c2ccc(C(F)(F)F)cc12)NC1CN(C2CCC(c3ccc4c(c3)OCO4)CC2)C1. The van der Waals surface area contributed by atoms with Gasteiger partial charge in [0.15, 0.2) is 17.3 Å². The molecule has 0 unspecified atom stereocenters. The first-order valence-electron chi connectivity index (χ1n) is 12.6. The van der Waals surface area contributed by atoms with E-state index in [4.69, 9.17) is 9.47 Å². The lowest BCUT2D eigenvalue weighted by Gasteiger charge is -2.46. The minimum absolute atomic E-state index is 0.0622. The lowest BCUT2D eigenvalue weighted by Crippen LogP contribution is -2.63. The molecule has 3 aliphatic rings. The van der Waals surface area contributed by atoms with Gasteiger partial charge in [-0.25, -0.2) is 0 Å². The first kappa shape index (κ1) is 23.9. The number of nitrogens with zero attached hydrogens (tertiary/aromatic N) is 2. The van der Waals surface area contributed by atoms with E-state index < -0.39 is 11.7 Å². The zero-order valence-corrected chi connectivity index (χ0v) is 20.1. The van der Waals surface area contributed by atoms with Crippen LogP contribution in [0.3, 0.4) is 0 Å². The largest absolute Gasteiger partial charge is 0.454 e. The molecule has 1 amide bonds. The molecule has 1 aliphatic carbocycles. The fraction of sp³-hybridized carbons (Fsp3) is 0.462. The molecule has 3 N–H and O–H groups in total. The topological polar surface area (TPSA) is 91.5 Å². The van der Waals surface area contributed by atoms with E-state index in [-0.39, 0.29) is 31.1 Å². The predicted octanol–water partition coefficient (Wildman–Crippen LogP) is 4.25. The normalized spacial score (nSPS) is 22.1. The molecule has 0 radical (unpaired) electrons. The van der Waals surface area contributed by atoms with E-state index in [2.05, 4.69) is 37.9 Å². The number of benzene rings is 2. The first-order chi connectivity index (χ1) is 17.8. The summed E-state index contributed by atoms with van der Waals surface area (Å²) in [5, 5.41) is 12.9. The number of nitrogens with one attached hydrogen (secondary N) is 3. The third-order valence-electron chi connectivity index (χ3n) is 7.66. The van der Waals surface area contributed by atoms with Crippen LogP contribution in [0.25, 0.3) is 10.9 Å². The van der Waals surface area contributed by atoms with Gasteiger partial charge in [0.1, 0.15) is 0 Å². The molecule has 3 aromatic rings. The van der Waals surface area contributed by atoms with Crippen LogP contribution in [0.15, 0.2) is 36.4 Å². The second-order valence-electron chi connectivity index (χ2n) is 10.0. The number of carbonyl (C=O) groups excluding carboxylic acids is 1. The van der Waals surface area contributed by atoms with Gasteiger partial charge in [-0.1, -0.05) is 6.07 Å². The third kappa shape index (κ3) is 4.92. The Morgan fingerprint density at radius 2 is 1.84 bits per heavy atom. The van der Waals surface area contributed by atoms with Crippen molar-refractivity contribution < 1.29 is 27.4 Å². The Morgan fingerprint density at radius 3 is 2.62 bits per heavy atom. The van der Waals surface area contributed by atoms with E-state index in [1.54, 1.807) is 0 Å². The Hall–Kier alpha value is -3.47. The smallest absolute Gasteiger partial charge is 0.416 e. The Labute approximate surface area is 211 Å². The van der Waals surface area contributed by atoms with Crippen LogP contribution in [0, 0.1) is 0 Å². The molecule has 0 bridgehead atoms. The molecule has 6 rings (SSSR count). The van der Waals surface area contributed by atoms with Crippen LogP contribution >= 0.6 is 0 Å². The number of alkyl halides is 3. The van der Waals surface area contributed by atoms with E-state index in [1.165, 1.54) is 11.6 Å². The number of fused-ring (bicyclic) bond motifs is 2. The van der Waals surface area contributed by atoms with Crippen LogP contribution in [0.4, 0.5) is 19.0 Å². The molecule has 11 heteroatoms. The predicted molar refractivity (Wildman–Crippen MR) is 131 cm³/mol. The number of aromatic nitrogens is 2. The number of amides is 1. The molecule has 0 spiro atoms. The van der Waals surface area contributed by atoms with Crippen molar-refractivity contribution in [1.29, 1.82) is 0 Å². The van der Waals surface area contributed by atoms with Crippen LogP contribution in [0.2, 0.25) is 0 Å². The molecule has 2 aliphatic heterocycles. The molecule has 196 valence electrons. The van der Waals surface area contributed by atoms with Crippen LogP contribution in [-0.4, -0.2) is 59.5 Å². The number of likely N-dealkylation sites (tertiary alicyclic amines) is 1. The Balaban J connectivity index is 0.947. The molecule has 37 heavy (non-hydrogen) atoms. The zero-order valence-electron chi connectivity index (χ0n) is 20.1. The summed E-state index contributed by atoms with van der Waals surface area (Å²) in [4.78, 5) is 14.9. The highest BCUT2D eigenvalue weighted by atomic mass is 19.4. The lowest BCUT2D eigenvalue weighted by molar-refractivity contribution is -0.137. The number of anilines is 1. The maximum Gasteiger partial charge on any atom is 0.416 e. The highest BCUT2D eigenvalue weighted by molar-refractivity contribution is 5.92. The molecule has 1 saturated carbocycles. The summed E-state index contributed by atoms with van der Waals surface area (Å²) in [5.41, 5.74) is 1.02. The van der Waals surface area contributed by atoms with Gasteiger partial charge < -0.3 is 20.1 Å². The van der Waals surface area contributed by atoms with Crippen LogP contribution in [0.5, 0.6) is 11.5 Å². The van der Waals surface area contributed by atoms with Crippen molar-refractivity contribution in [2.24, 2.45) is 0 Å². The molecule has 0 atom stereocenters. The van der Waals surface area contributed by atoms with E-state index in [9.17, 15) is 18.0 Å². The number of aromatic amines is 1. The summed E-state index contributed by atoms with van der Waals surface area (Å²) in [5.74, 6) is 2.19. The average Bonchev–Trinajstić information content (AvgIpc) is 3.50. The van der Waals surface area contributed by atoms with Gasteiger partial charge in [0.25, 0.3) is 0 Å².